The van der Waals surface area contributed by atoms with E-state index in [2.05, 4.69) is 47.1 Å². The van der Waals surface area contributed by atoms with Crippen LogP contribution in [0.15, 0.2) is 30.3 Å². The van der Waals surface area contributed by atoms with Gasteiger partial charge in [-0.1, -0.05) is 37.3 Å². The van der Waals surface area contributed by atoms with Gasteiger partial charge in [0.05, 0.1) is 6.54 Å². The number of likely N-dealkylation sites (tertiary alicyclic amines) is 1. The molecule has 2 saturated heterocycles. The van der Waals surface area contributed by atoms with Gasteiger partial charge in [-0.2, -0.15) is 0 Å². The molecule has 0 saturated carbocycles. The molecule has 2 aliphatic heterocycles. The number of amides is 2. The fourth-order valence-electron chi connectivity index (χ4n) is 4.14. The zero-order chi connectivity index (χ0) is 19.2. The maximum absolute atomic E-state index is 12.7. The molecule has 2 heterocycles. The van der Waals surface area contributed by atoms with Crippen molar-refractivity contribution in [2.45, 2.75) is 32.9 Å². The Morgan fingerprint density at radius 1 is 1.04 bits per heavy atom. The van der Waals surface area contributed by atoms with Gasteiger partial charge in [-0.05, 0) is 18.5 Å². The number of rotatable bonds is 6. The first-order valence-electron chi connectivity index (χ1n) is 10.1. The first-order chi connectivity index (χ1) is 13.1. The van der Waals surface area contributed by atoms with E-state index in [1.165, 1.54) is 5.56 Å². The third-order valence-electron chi connectivity index (χ3n) is 5.84. The minimum Gasteiger partial charge on any atom is -0.339 e. The minimum absolute atomic E-state index is 0.0988. The summed E-state index contributed by atoms with van der Waals surface area (Å²) in [6.45, 7) is 10.8. The Morgan fingerprint density at radius 3 is 2.33 bits per heavy atom. The summed E-state index contributed by atoms with van der Waals surface area (Å²) in [5, 5.41) is 0. The molecule has 0 bridgehead atoms. The van der Waals surface area contributed by atoms with Crippen molar-refractivity contribution in [3.8, 4) is 0 Å². The average molecular weight is 373 g/mol. The molecule has 0 spiro atoms. The number of carbonyl (C=O) groups excluding carboxylic acids is 2. The Morgan fingerprint density at radius 2 is 1.70 bits per heavy atom. The maximum Gasteiger partial charge on any atom is 0.236 e. The quantitative estimate of drug-likeness (QED) is 0.755. The van der Waals surface area contributed by atoms with E-state index < -0.39 is 0 Å². The van der Waals surface area contributed by atoms with Crippen molar-refractivity contribution in [2.24, 2.45) is 0 Å². The van der Waals surface area contributed by atoms with Gasteiger partial charge in [0.2, 0.25) is 11.8 Å². The second-order valence-electron chi connectivity index (χ2n) is 7.61. The molecule has 2 fully saturated rings. The van der Waals surface area contributed by atoms with Crippen LogP contribution in [0.5, 0.6) is 0 Å². The van der Waals surface area contributed by atoms with Crippen molar-refractivity contribution >= 4 is 11.8 Å². The highest BCUT2D eigenvalue weighted by Gasteiger charge is 2.30. The highest BCUT2D eigenvalue weighted by Crippen LogP contribution is 2.18. The van der Waals surface area contributed by atoms with Crippen molar-refractivity contribution in [3.63, 3.8) is 0 Å². The van der Waals surface area contributed by atoms with E-state index in [1.807, 2.05) is 9.80 Å². The summed E-state index contributed by atoms with van der Waals surface area (Å²) < 4.78 is 0. The van der Waals surface area contributed by atoms with Crippen LogP contribution in [0.25, 0.3) is 0 Å². The second kappa shape index (κ2) is 9.33. The topological polar surface area (TPSA) is 47.1 Å². The van der Waals surface area contributed by atoms with Gasteiger partial charge in [-0.3, -0.25) is 19.4 Å². The third-order valence-corrected chi connectivity index (χ3v) is 5.84. The van der Waals surface area contributed by atoms with Crippen molar-refractivity contribution < 1.29 is 9.59 Å². The molecule has 1 aromatic carbocycles. The van der Waals surface area contributed by atoms with E-state index in [0.29, 0.717) is 38.8 Å². The zero-order valence-electron chi connectivity index (χ0n) is 16.6. The smallest absolute Gasteiger partial charge is 0.236 e. The molecule has 0 aromatic heterocycles. The SMILES string of the molecule is CCN(CC(=O)N1CCN(C(C)=O)CC1)C1CCN(Cc2ccccc2)C1. The van der Waals surface area contributed by atoms with Crippen molar-refractivity contribution in [3.05, 3.63) is 35.9 Å². The molecule has 1 atom stereocenters. The maximum atomic E-state index is 12.7. The molecular formula is C21H32N4O2. The number of piperazine rings is 1. The number of hydrogen-bond donors (Lipinski definition) is 0. The molecule has 1 aromatic rings. The summed E-state index contributed by atoms with van der Waals surface area (Å²) in [5.74, 6) is 0.295. The van der Waals surface area contributed by atoms with Crippen LogP contribution in [-0.2, 0) is 16.1 Å². The minimum atomic E-state index is 0.0988. The standard InChI is InChI=1S/C21H32N4O2/c1-3-23(17-21(27)25-13-11-24(12-14-25)18(2)26)20-9-10-22(16-20)15-19-7-5-4-6-8-19/h4-8,20H,3,9-17H2,1-2H3. The summed E-state index contributed by atoms with van der Waals surface area (Å²) >= 11 is 0. The lowest BCUT2D eigenvalue weighted by Gasteiger charge is -2.36. The van der Waals surface area contributed by atoms with Crippen molar-refractivity contribution in [2.75, 3.05) is 52.4 Å². The van der Waals surface area contributed by atoms with Gasteiger partial charge in [-0.15, -0.1) is 0 Å². The van der Waals surface area contributed by atoms with Crippen LogP contribution >= 0.6 is 0 Å². The van der Waals surface area contributed by atoms with Gasteiger partial charge in [0.1, 0.15) is 0 Å². The Bertz CT molecular complexity index is 628. The predicted molar refractivity (Wildman–Crippen MR) is 106 cm³/mol. The molecule has 6 nitrogen and oxygen atoms in total. The summed E-state index contributed by atoms with van der Waals surface area (Å²) in [6, 6.07) is 11.0. The Hall–Kier alpha value is -1.92. The number of carbonyl (C=O) groups is 2. The molecule has 27 heavy (non-hydrogen) atoms. The molecule has 2 amide bonds. The van der Waals surface area contributed by atoms with Gasteiger partial charge in [-0.25, -0.2) is 0 Å². The van der Waals surface area contributed by atoms with Crippen LogP contribution in [0.1, 0.15) is 25.8 Å². The Kier molecular flexibility index (Phi) is 6.85. The number of likely N-dealkylation sites (N-methyl/N-ethyl adjacent to an activating group) is 1. The predicted octanol–water partition coefficient (Wildman–Crippen LogP) is 1.27. The summed E-state index contributed by atoms with van der Waals surface area (Å²) in [6.07, 6.45) is 1.12. The number of benzene rings is 1. The summed E-state index contributed by atoms with van der Waals surface area (Å²) in [5.41, 5.74) is 1.35. The molecule has 0 aliphatic carbocycles. The molecule has 1 unspecified atom stereocenters. The lowest BCUT2D eigenvalue weighted by molar-refractivity contribution is -0.139. The second-order valence-corrected chi connectivity index (χ2v) is 7.61. The molecule has 0 radical (unpaired) electrons. The Balaban J connectivity index is 1.47. The molecule has 0 N–H and O–H groups in total. The van der Waals surface area contributed by atoms with Crippen molar-refractivity contribution in [1.82, 2.24) is 19.6 Å². The Labute approximate surface area is 162 Å². The first-order valence-corrected chi connectivity index (χ1v) is 10.1. The van der Waals surface area contributed by atoms with E-state index in [-0.39, 0.29) is 11.8 Å². The van der Waals surface area contributed by atoms with Gasteiger partial charge < -0.3 is 9.80 Å². The lowest BCUT2D eigenvalue weighted by Crippen LogP contribution is -2.53. The van der Waals surface area contributed by atoms with Crippen LogP contribution in [-0.4, -0.2) is 89.8 Å². The molecule has 2 aliphatic rings. The van der Waals surface area contributed by atoms with E-state index in [9.17, 15) is 9.59 Å². The fraction of sp³-hybridized carbons (Fsp3) is 0.619. The van der Waals surface area contributed by atoms with E-state index >= 15 is 0 Å². The molecular weight excluding hydrogens is 340 g/mol. The average Bonchev–Trinajstić information content (AvgIpc) is 3.15. The monoisotopic (exact) mass is 372 g/mol. The van der Waals surface area contributed by atoms with Crippen LogP contribution < -0.4 is 0 Å². The van der Waals surface area contributed by atoms with Gasteiger partial charge in [0.15, 0.2) is 0 Å². The van der Waals surface area contributed by atoms with E-state index in [0.717, 1.165) is 32.6 Å². The van der Waals surface area contributed by atoms with Gasteiger partial charge >= 0.3 is 0 Å². The highest BCUT2D eigenvalue weighted by atomic mass is 16.2. The molecule has 6 heteroatoms. The highest BCUT2D eigenvalue weighted by molar-refractivity contribution is 5.79. The fourth-order valence-corrected chi connectivity index (χ4v) is 4.14. The molecule has 148 valence electrons. The number of hydrogen-bond acceptors (Lipinski definition) is 4. The third kappa shape index (κ3) is 5.30. The van der Waals surface area contributed by atoms with Crippen LogP contribution in [0.3, 0.4) is 0 Å². The van der Waals surface area contributed by atoms with E-state index in [4.69, 9.17) is 0 Å². The molecule has 3 rings (SSSR count). The van der Waals surface area contributed by atoms with Crippen LogP contribution in [0.2, 0.25) is 0 Å². The van der Waals surface area contributed by atoms with Crippen LogP contribution in [0.4, 0.5) is 0 Å². The lowest BCUT2D eigenvalue weighted by atomic mass is 10.2. The summed E-state index contributed by atoms with van der Waals surface area (Å²) in [7, 11) is 0. The zero-order valence-corrected chi connectivity index (χ0v) is 16.6. The summed E-state index contributed by atoms with van der Waals surface area (Å²) in [4.78, 5) is 32.7. The normalized spacial score (nSPS) is 21.1. The largest absolute Gasteiger partial charge is 0.339 e. The van der Waals surface area contributed by atoms with E-state index in [1.54, 1.807) is 6.92 Å². The van der Waals surface area contributed by atoms with Crippen molar-refractivity contribution in [1.29, 1.82) is 0 Å². The number of nitrogens with zero attached hydrogens (tertiary/aromatic N) is 4. The van der Waals surface area contributed by atoms with Gasteiger partial charge in [0, 0.05) is 58.8 Å². The first kappa shape index (κ1) is 19.8. The van der Waals surface area contributed by atoms with Crippen LogP contribution in [0, 0.1) is 0 Å². The van der Waals surface area contributed by atoms with Gasteiger partial charge in [0.25, 0.3) is 0 Å².